The van der Waals surface area contributed by atoms with Gasteiger partial charge < -0.3 is 4.90 Å². The third-order valence-corrected chi connectivity index (χ3v) is 5.25. The van der Waals surface area contributed by atoms with Crippen LogP contribution in [-0.4, -0.2) is 46.4 Å². The smallest absolute Gasteiger partial charge is 0.239 e. The molecule has 0 spiro atoms. The van der Waals surface area contributed by atoms with Gasteiger partial charge in [0.05, 0.1) is 6.04 Å². The van der Waals surface area contributed by atoms with E-state index in [1.54, 1.807) is 0 Å². The standard InChI is InChI=1S/C20H23N3O/c24-20(23-14-18(15-23)17-8-10-21-11-9-17)19-7-4-12-22(19)13-16-5-2-1-3-6-16/h1-3,5-6,8-11,18-19H,4,7,12-15H2/t19-/m0/s1. The fraction of sp³-hybridized carbons (Fsp3) is 0.400. The number of nitrogens with zero attached hydrogens (tertiary/aromatic N) is 3. The average molecular weight is 321 g/mol. The molecule has 0 saturated carbocycles. The van der Waals surface area contributed by atoms with E-state index in [-0.39, 0.29) is 6.04 Å². The van der Waals surface area contributed by atoms with Gasteiger partial charge in [-0.3, -0.25) is 14.7 Å². The first-order valence-electron chi connectivity index (χ1n) is 8.78. The van der Waals surface area contributed by atoms with Crippen LogP contribution in [0, 0.1) is 0 Å². The molecular weight excluding hydrogens is 298 g/mol. The molecule has 0 bridgehead atoms. The van der Waals surface area contributed by atoms with Crippen molar-refractivity contribution in [3.8, 4) is 0 Å². The maximum Gasteiger partial charge on any atom is 0.239 e. The van der Waals surface area contributed by atoms with Crippen LogP contribution in [0.4, 0.5) is 0 Å². The van der Waals surface area contributed by atoms with Crippen molar-refractivity contribution in [1.29, 1.82) is 0 Å². The summed E-state index contributed by atoms with van der Waals surface area (Å²) in [5, 5.41) is 0. The molecule has 2 aliphatic heterocycles. The van der Waals surface area contributed by atoms with Gasteiger partial charge in [0.1, 0.15) is 0 Å². The minimum Gasteiger partial charge on any atom is -0.340 e. The van der Waals surface area contributed by atoms with Crippen LogP contribution in [0.3, 0.4) is 0 Å². The van der Waals surface area contributed by atoms with Gasteiger partial charge in [-0.1, -0.05) is 30.3 Å². The SMILES string of the molecule is O=C([C@@H]1CCCN1Cc1ccccc1)N1CC(c2ccncc2)C1. The number of likely N-dealkylation sites (tertiary alicyclic amines) is 2. The Kier molecular flexibility index (Phi) is 4.30. The molecule has 2 aliphatic rings. The highest BCUT2D eigenvalue weighted by molar-refractivity contribution is 5.83. The third-order valence-electron chi connectivity index (χ3n) is 5.25. The van der Waals surface area contributed by atoms with Crippen LogP contribution in [-0.2, 0) is 11.3 Å². The van der Waals surface area contributed by atoms with Crippen molar-refractivity contribution in [2.45, 2.75) is 31.3 Å². The zero-order valence-corrected chi connectivity index (χ0v) is 13.8. The quantitative estimate of drug-likeness (QED) is 0.869. The van der Waals surface area contributed by atoms with Gasteiger partial charge in [0, 0.05) is 37.9 Å². The van der Waals surface area contributed by atoms with Crippen molar-refractivity contribution >= 4 is 5.91 Å². The Bertz CT molecular complexity index is 683. The Hall–Kier alpha value is -2.20. The molecule has 24 heavy (non-hydrogen) atoms. The second kappa shape index (κ2) is 6.73. The van der Waals surface area contributed by atoms with Gasteiger partial charge in [-0.25, -0.2) is 0 Å². The van der Waals surface area contributed by atoms with Crippen LogP contribution >= 0.6 is 0 Å². The van der Waals surface area contributed by atoms with E-state index in [0.717, 1.165) is 39.0 Å². The maximum atomic E-state index is 12.9. The van der Waals surface area contributed by atoms with E-state index >= 15 is 0 Å². The molecule has 4 heteroatoms. The topological polar surface area (TPSA) is 36.4 Å². The van der Waals surface area contributed by atoms with Gasteiger partial charge in [-0.05, 0) is 42.6 Å². The van der Waals surface area contributed by atoms with E-state index in [9.17, 15) is 4.79 Å². The number of hydrogen-bond acceptors (Lipinski definition) is 3. The summed E-state index contributed by atoms with van der Waals surface area (Å²) in [5.41, 5.74) is 2.58. The first-order chi connectivity index (χ1) is 11.8. The Labute approximate surface area is 143 Å². The summed E-state index contributed by atoms with van der Waals surface area (Å²) < 4.78 is 0. The maximum absolute atomic E-state index is 12.9. The predicted octanol–water partition coefficient (Wildman–Crippen LogP) is 2.67. The van der Waals surface area contributed by atoms with Crippen LogP contribution in [0.1, 0.15) is 29.9 Å². The van der Waals surface area contributed by atoms with Gasteiger partial charge in [-0.2, -0.15) is 0 Å². The number of hydrogen-bond donors (Lipinski definition) is 0. The van der Waals surface area contributed by atoms with Crippen molar-refractivity contribution < 1.29 is 4.79 Å². The van der Waals surface area contributed by atoms with Crippen LogP contribution < -0.4 is 0 Å². The number of pyridine rings is 1. The second-order valence-corrected chi connectivity index (χ2v) is 6.83. The summed E-state index contributed by atoms with van der Waals surface area (Å²) in [4.78, 5) is 21.3. The molecule has 1 aromatic carbocycles. The lowest BCUT2D eigenvalue weighted by Gasteiger charge is -2.42. The predicted molar refractivity (Wildman–Crippen MR) is 93.4 cm³/mol. The van der Waals surface area contributed by atoms with E-state index in [2.05, 4.69) is 46.3 Å². The largest absolute Gasteiger partial charge is 0.340 e. The summed E-state index contributed by atoms with van der Waals surface area (Å²) in [7, 11) is 0. The Morgan fingerprint density at radius 1 is 1.08 bits per heavy atom. The molecule has 2 aromatic rings. The fourth-order valence-corrected chi connectivity index (χ4v) is 3.83. The molecule has 4 nitrogen and oxygen atoms in total. The second-order valence-electron chi connectivity index (χ2n) is 6.83. The number of amides is 1. The van der Waals surface area contributed by atoms with E-state index in [1.165, 1.54) is 11.1 Å². The summed E-state index contributed by atoms with van der Waals surface area (Å²) >= 11 is 0. The van der Waals surface area contributed by atoms with Crippen molar-refractivity contribution in [2.24, 2.45) is 0 Å². The summed E-state index contributed by atoms with van der Waals surface area (Å²) in [5.74, 6) is 0.787. The van der Waals surface area contributed by atoms with Crippen LogP contribution in [0.25, 0.3) is 0 Å². The van der Waals surface area contributed by atoms with Crippen LogP contribution in [0.15, 0.2) is 54.9 Å². The number of rotatable bonds is 4. The highest BCUT2D eigenvalue weighted by Crippen LogP contribution is 2.30. The molecule has 4 rings (SSSR count). The minimum atomic E-state index is 0.0589. The van der Waals surface area contributed by atoms with Crippen molar-refractivity contribution in [2.75, 3.05) is 19.6 Å². The zero-order valence-electron chi connectivity index (χ0n) is 13.8. The van der Waals surface area contributed by atoms with Crippen molar-refractivity contribution in [3.63, 3.8) is 0 Å². The molecule has 0 N–H and O–H groups in total. The molecule has 3 heterocycles. The first kappa shape index (κ1) is 15.3. The van der Waals surface area contributed by atoms with Crippen LogP contribution in [0.2, 0.25) is 0 Å². The molecule has 2 saturated heterocycles. The Morgan fingerprint density at radius 2 is 1.83 bits per heavy atom. The van der Waals surface area contributed by atoms with Gasteiger partial charge in [0.25, 0.3) is 0 Å². The Morgan fingerprint density at radius 3 is 2.58 bits per heavy atom. The summed E-state index contributed by atoms with van der Waals surface area (Å²) in [6, 6.07) is 14.6. The summed E-state index contributed by atoms with van der Waals surface area (Å²) in [6.07, 6.45) is 5.77. The summed E-state index contributed by atoms with van der Waals surface area (Å²) in [6.45, 7) is 3.59. The van der Waals surface area contributed by atoms with Gasteiger partial charge >= 0.3 is 0 Å². The van der Waals surface area contributed by atoms with Crippen molar-refractivity contribution in [1.82, 2.24) is 14.8 Å². The van der Waals surface area contributed by atoms with E-state index in [1.807, 2.05) is 23.4 Å². The average Bonchev–Trinajstić information content (AvgIpc) is 3.03. The van der Waals surface area contributed by atoms with Gasteiger partial charge in [0.15, 0.2) is 0 Å². The lowest BCUT2D eigenvalue weighted by atomic mass is 9.91. The normalized spacial score (nSPS) is 21.7. The molecule has 1 aromatic heterocycles. The molecule has 1 atom stereocenters. The van der Waals surface area contributed by atoms with Gasteiger partial charge in [-0.15, -0.1) is 0 Å². The zero-order chi connectivity index (χ0) is 16.4. The highest BCUT2D eigenvalue weighted by atomic mass is 16.2. The highest BCUT2D eigenvalue weighted by Gasteiger charge is 2.39. The van der Waals surface area contributed by atoms with E-state index in [0.29, 0.717) is 11.8 Å². The van der Waals surface area contributed by atoms with Crippen LogP contribution in [0.5, 0.6) is 0 Å². The number of benzene rings is 1. The lowest BCUT2D eigenvalue weighted by Crippen LogP contribution is -2.54. The third kappa shape index (κ3) is 3.06. The molecule has 0 aliphatic carbocycles. The molecular formula is C20H23N3O. The number of carbonyl (C=O) groups is 1. The fourth-order valence-electron chi connectivity index (χ4n) is 3.83. The van der Waals surface area contributed by atoms with Gasteiger partial charge in [0.2, 0.25) is 5.91 Å². The molecule has 124 valence electrons. The molecule has 0 radical (unpaired) electrons. The first-order valence-corrected chi connectivity index (χ1v) is 8.78. The Balaban J connectivity index is 1.36. The number of carbonyl (C=O) groups excluding carboxylic acids is 1. The van der Waals surface area contributed by atoms with E-state index < -0.39 is 0 Å². The van der Waals surface area contributed by atoms with E-state index in [4.69, 9.17) is 0 Å². The van der Waals surface area contributed by atoms with Crippen molar-refractivity contribution in [3.05, 3.63) is 66.0 Å². The molecule has 0 unspecified atom stereocenters. The monoisotopic (exact) mass is 321 g/mol. The number of aromatic nitrogens is 1. The molecule has 2 fully saturated rings. The lowest BCUT2D eigenvalue weighted by molar-refractivity contribution is -0.140. The molecule has 1 amide bonds. The minimum absolute atomic E-state index is 0.0589.